The van der Waals surface area contributed by atoms with E-state index in [1.807, 2.05) is 18.5 Å². The molecule has 164 valence electrons. The second-order valence-electron chi connectivity index (χ2n) is 8.54. The molecular formula is C27H35N3O. The van der Waals surface area contributed by atoms with Gasteiger partial charge in [-0.05, 0) is 75.3 Å². The summed E-state index contributed by atoms with van der Waals surface area (Å²) in [5.41, 5.74) is 6.19. The van der Waals surface area contributed by atoms with Gasteiger partial charge in [-0.25, -0.2) is 4.98 Å². The zero-order valence-electron chi connectivity index (χ0n) is 19.6. The number of fused-ring (bicyclic) bond motifs is 1. The van der Waals surface area contributed by atoms with Gasteiger partial charge in [0.2, 0.25) is 5.91 Å². The summed E-state index contributed by atoms with van der Waals surface area (Å²) in [6.45, 7) is 10.9. The Morgan fingerprint density at radius 2 is 1.84 bits per heavy atom. The third-order valence-electron chi connectivity index (χ3n) is 6.31. The smallest absolute Gasteiger partial charge is 0.228 e. The molecule has 0 aromatic carbocycles. The average molecular weight is 418 g/mol. The molecule has 0 aliphatic heterocycles. The zero-order valence-corrected chi connectivity index (χ0v) is 19.6. The van der Waals surface area contributed by atoms with Gasteiger partial charge < -0.3 is 5.32 Å². The molecule has 1 saturated carbocycles. The molecule has 2 heterocycles. The molecule has 0 bridgehead atoms. The van der Waals surface area contributed by atoms with Gasteiger partial charge in [-0.1, -0.05) is 44.4 Å². The Morgan fingerprint density at radius 1 is 1.13 bits per heavy atom. The van der Waals surface area contributed by atoms with Crippen molar-refractivity contribution in [3.63, 3.8) is 0 Å². The van der Waals surface area contributed by atoms with E-state index in [0.717, 1.165) is 60.6 Å². The Hall–Kier alpha value is -2.75. The summed E-state index contributed by atoms with van der Waals surface area (Å²) >= 11 is 0. The summed E-state index contributed by atoms with van der Waals surface area (Å²) in [6.07, 6.45) is 14.6. The second kappa shape index (κ2) is 10.5. The van der Waals surface area contributed by atoms with E-state index in [-0.39, 0.29) is 11.8 Å². The first-order chi connectivity index (χ1) is 15.0. The molecule has 31 heavy (non-hydrogen) atoms. The van der Waals surface area contributed by atoms with Crippen molar-refractivity contribution in [1.29, 1.82) is 0 Å². The van der Waals surface area contributed by atoms with Crippen LogP contribution < -0.4 is 5.32 Å². The molecule has 2 aromatic rings. The Kier molecular flexibility index (Phi) is 7.78. The number of hydrogen-bond acceptors (Lipinski definition) is 3. The van der Waals surface area contributed by atoms with E-state index in [2.05, 4.69) is 63.1 Å². The van der Waals surface area contributed by atoms with Crippen LogP contribution in [0, 0.1) is 5.92 Å². The number of aromatic nitrogens is 2. The first-order valence-corrected chi connectivity index (χ1v) is 11.6. The van der Waals surface area contributed by atoms with E-state index in [4.69, 9.17) is 4.98 Å². The van der Waals surface area contributed by atoms with Gasteiger partial charge in [0.25, 0.3) is 0 Å². The molecule has 1 aliphatic rings. The number of carbonyl (C=O) groups is 1. The lowest BCUT2D eigenvalue weighted by molar-refractivity contribution is -0.122. The average Bonchev–Trinajstić information content (AvgIpc) is 2.72. The molecule has 0 saturated heterocycles. The molecule has 2 aromatic heterocycles. The number of carbonyl (C=O) groups excluding carboxylic acids is 1. The molecule has 1 fully saturated rings. The summed E-state index contributed by atoms with van der Waals surface area (Å²) in [5.74, 6) is 0.830. The maximum Gasteiger partial charge on any atom is 0.228 e. The van der Waals surface area contributed by atoms with E-state index in [1.165, 1.54) is 16.7 Å². The minimum atomic E-state index is 0.0814. The van der Waals surface area contributed by atoms with Gasteiger partial charge in [-0.2, -0.15) is 0 Å². The SMILES string of the molecule is C\C=C(/C(C)=C\C(CCC)=C(/C)CC)c1cc2cnc(NC(=O)C3CCC3)cc2cn1. The quantitative estimate of drug-likeness (QED) is 0.460. The number of nitrogens with zero attached hydrogens (tertiary/aromatic N) is 2. The van der Waals surface area contributed by atoms with Gasteiger partial charge in [0.05, 0.1) is 5.69 Å². The molecule has 4 heteroatoms. The lowest BCUT2D eigenvalue weighted by Gasteiger charge is -2.23. The molecule has 0 atom stereocenters. The van der Waals surface area contributed by atoms with Crippen LogP contribution in [0.25, 0.3) is 16.3 Å². The van der Waals surface area contributed by atoms with Crippen LogP contribution in [0.15, 0.2) is 53.4 Å². The van der Waals surface area contributed by atoms with Crippen LogP contribution in [0.2, 0.25) is 0 Å². The summed E-state index contributed by atoms with van der Waals surface area (Å²) < 4.78 is 0. The van der Waals surface area contributed by atoms with E-state index in [9.17, 15) is 4.79 Å². The number of anilines is 1. The van der Waals surface area contributed by atoms with Gasteiger partial charge >= 0.3 is 0 Å². The minimum Gasteiger partial charge on any atom is -0.310 e. The van der Waals surface area contributed by atoms with Crippen LogP contribution >= 0.6 is 0 Å². The highest BCUT2D eigenvalue weighted by Gasteiger charge is 2.25. The summed E-state index contributed by atoms with van der Waals surface area (Å²) in [4.78, 5) is 21.4. The fourth-order valence-corrected chi connectivity index (χ4v) is 3.97. The third-order valence-corrected chi connectivity index (χ3v) is 6.31. The largest absolute Gasteiger partial charge is 0.310 e. The molecular weight excluding hydrogens is 382 g/mol. The van der Waals surface area contributed by atoms with Crippen molar-refractivity contribution >= 4 is 28.1 Å². The normalized spacial score (nSPS) is 16.2. The Labute approximate surface area is 186 Å². The molecule has 0 radical (unpaired) electrons. The summed E-state index contributed by atoms with van der Waals surface area (Å²) in [6, 6.07) is 4.00. The third kappa shape index (κ3) is 5.49. The van der Waals surface area contributed by atoms with E-state index in [1.54, 1.807) is 0 Å². The Balaban J connectivity index is 1.86. The lowest BCUT2D eigenvalue weighted by Crippen LogP contribution is -2.28. The fraction of sp³-hybridized carbons (Fsp3) is 0.444. The van der Waals surface area contributed by atoms with Gasteiger partial charge in [0.15, 0.2) is 0 Å². The summed E-state index contributed by atoms with van der Waals surface area (Å²) in [5, 5.41) is 4.95. The first-order valence-electron chi connectivity index (χ1n) is 11.6. The van der Waals surface area contributed by atoms with Crippen LogP contribution in [-0.4, -0.2) is 15.9 Å². The number of allylic oxidation sites excluding steroid dienone is 6. The number of hydrogen-bond donors (Lipinski definition) is 1. The van der Waals surface area contributed by atoms with Crippen molar-refractivity contribution in [2.24, 2.45) is 5.92 Å². The Morgan fingerprint density at radius 3 is 2.45 bits per heavy atom. The van der Waals surface area contributed by atoms with Crippen molar-refractivity contribution in [2.45, 2.75) is 73.1 Å². The van der Waals surface area contributed by atoms with Crippen molar-refractivity contribution < 1.29 is 4.79 Å². The molecule has 1 N–H and O–H groups in total. The predicted octanol–water partition coefficient (Wildman–Crippen LogP) is 7.24. The van der Waals surface area contributed by atoms with Crippen molar-refractivity contribution in [2.75, 3.05) is 5.32 Å². The van der Waals surface area contributed by atoms with Gasteiger partial charge in [-0.3, -0.25) is 9.78 Å². The molecule has 0 spiro atoms. The zero-order chi connectivity index (χ0) is 22.4. The van der Waals surface area contributed by atoms with Crippen LogP contribution in [0.4, 0.5) is 5.82 Å². The van der Waals surface area contributed by atoms with Gasteiger partial charge in [0.1, 0.15) is 5.82 Å². The topological polar surface area (TPSA) is 54.9 Å². The lowest BCUT2D eigenvalue weighted by atomic mass is 9.85. The monoisotopic (exact) mass is 417 g/mol. The summed E-state index contributed by atoms with van der Waals surface area (Å²) in [7, 11) is 0. The number of rotatable bonds is 8. The van der Waals surface area contributed by atoms with Gasteiger partial charge in [-0.15, -0.1) is 0 Å². The molecule has 1 amide bonds. The van der Waals surface area contributed by atoms with Crippen LogP contribution in [0.5, 0.6) is 0 Å². The standard InChI is InChI=1S/C27H35N3O/c1-6-10-21(18(4)7-2)13-19(5)24(8-3)25-14-22-17-29-26(15-23(22)16-28-25)30-27(31)20-11-9-12-20/h8,13-17,20H,6-7,9-12H2,1-5H3,(H,29,30,31)/b19-13-,21-18+,24-8+. The van der Waals surface area contributed by atoms with Crippen LogP contribution in [0.3, 0.4) is 0 Å². The fourth-order valence-electron chi connectivity index (χ4n) is 3.97. The number of nitrogens with one attached hydrogen (secondary N) is 1. The van der Waals surface area contributed by atoms with E-state index >= 15 is 0 Å². The maximum absolute atomic E-state index is 12.2. The predicted molar refractivity (Wildman–Crippen MR) is 131 cm³/mol. The first kappa shape index (κ1) is 22.9. The van der Waals surface area contributed by atoms with Crippen molar-refractivity contribution in [1.82, 2.24) is 9.97 Å². The second-order valence-corrected chi connectivity index (χ2v) is 8.54. The van der Waals surface area contributed by atoms with Crippen molar-refractivity contribution in [3.05, 3.63) is 59.1 Å². The van der Waals surface area contributed by atoms with Crippen LogP contribution in [0.1, 0.15) is 78.8 Å². The molecule has 0 unspecified atom stereocenters. The van der Waals surface area contributed by atoms with Crippen LogP contribution in [-0.2, 0) is 4.79 Å². The highest BCUT2D eigenvalue weighted by Crippen LogP contribution is 2.29. The highest BCUT2D eigenvalue weighted by atomic mass is 16.2. The maximum atomic E-state index is 12.2. The van der Waals surface area contributed by atoms with E-state index < -0.39 is 0 Å². The number of amides is 1. The minimum absolute atomic E-state index is 0.0814. The number of pyridine rings is 2. The highest BCUT2D eigenvalue weighted by molar-refractivity contribution is 5.95. The van der Waals surface area contributed by atoms with E-state index in [0.29, 0.717) is 5.82 Å². The van der Waals surface area contributed by atoms with Gasteiger partial charge in [0, 0.05) is 29.1 Å². The van der Waals surface area contributed by atoms with Crippen molar-refractivity contribution in [3.8, 4) is 0 Å². The molecule has 4 nitrogen and oxygen atoms in total. The molecule has 3 rings (SSSR count). The Bertz CT molecular complexity index is 1040. The molecule has 1 aliphatic carbocycles.